The maximum absolute atomic E-state index is 6.88. The van der Waals surface area contributed by atoms with Gasteiger partial charge < -0.3 is 13.6 Å². The van der Waals surface area contributed by atoms with Crippen LogP contribution in [0.25, 0.3) is 133 Å². The van der Waals surface area contributed by atoms with Gasteiger partial charge in [0.1, 0.15) is 11.2 Å². The van der Waals surface area contributed by atoms with Crippen LogP contribution in [0, 0.1) is 0 Å². The van der Waals surface area contributed by atoms with Crippen LogP contribution in [-0.2, 0) is 0 Å². The zero-order valence-electron chi connectivity index (χ0n) is 37.6. The fourth-order valence-electron chi connectivity index (χ4n) is 11.0. The molecule has 322 valence electrons. The Morgan fingerprint density at radius 1 is 0.246 bits per heavy atom. The van der Waals surface area contributed by atoms with E-state index in [9.17, 15) is 0 Å². The van der Waals surface area contributed by atoms with Crippen LogP contribution in [-0.4, -0.2) is 9.13 Å². The Morgan fingerprint density at radius 2 is 0.710 bits per heavy atom. The predicted octanol–water partition coefficient (Wildman–Crippen LogP) is 18.1. The summed E-state index contributed by atoms with van der Waals surface area (Å²) in [5, 5.41) is 6.96. The van der Waals surface area contributed by atoms with Crippen molar-refractivity contribution in [1.29, 1.82) is 0 Å². The zero-order valence-corrected chi connectivity index (χ0v) is 37.6. The molecule has 0 saturated heterocycles. The van der Waals surface area contributed by atoms with Crippen molar-refractivity contribution in [1.82, 2.24) is 9.13 Å². The molecule has 0 amide bonds. The highest BCUT2D eigenvalue weighted by atomic mass is 16.3. The number of aromatic nitrogens is 2. The molecule has 0 fully saturated rings. The number of fused-ring (bicyclic) bond motifs is 9. The molecule has 3 aromatic heterocycles. The van der Waals surface area contributed by atoms with E-state index < -0.39 is 0 Å². The average Bonchev–Trinajstić information content (AvgIpc) is 4.08. The van der Waals surface area contributed by atoms with Gasteiger partial charge in [0.15, 0.2) is 0 Å². The predicted molar refractivity (Wildman–Crippen MR) is 290 cm³/mol. The number of nitrogens with zero attached hydrogens (tertiary/aromatic N) is 2. The zero-order chi connectivity index (χ0) is 45.4. The van der Waals surface area contributed by atoms with Crippen molar-refractivity contribution in [3.8, 4) is 67.0 Å². The second-order valence-electron chi connectivity index (χ2n) is 18.0. The lowest BCUT2D eigenvalue weighted by molar-refractivity contribution is 0.670. The Labute approximate surface area is 399 Å². The van der Waals surface area contributed by atoms with Crippen LogP contribution in [0.15, 0.2) is 259 Å². The normalized spacial score (nSPS) is 11.8. The Balaban J connectivity index is 1.11. The number of para-hydroxylation sites is 4. The Hall–Kier alpha value is -9.18. The minimum Gasteiger partial charge on any atom is -0.455 e. The summed E-state index contributed by atoms with van der Waals surface area (Å²) in [7, 11) is 0. The minimum atomic E-state index is 0.877. The van der Waals surface area contributed by atoms with E-state index in [0.717, 1.165) is 66.5 Å². The fourth-order valence-corrected chi connectivity index (χ4v) is 11.0. The van der Waals surface area contributed by atoms with Crippen LogP contribution in [0.2, 0.25) is 0 Å². The third-order valence-electron chi connectivity index (χ3n) is 14.2. The van der Waals surface area contributed by atoms with Gasteiger partial charge in [0.2, 0.25) is 0 Å². The van der Waals surface area contributed by atoms with Crippen molar-refractivity contribution in [3.05, 3.63) is 255 Å². The molecule has 3 nitrogen and oxygen atoms in total. The number of furan rings is 1. The summed E-state index contributed by atoms with van der Waals surface area (Å²) in [5.41, 5.74) is 20.2. The molecule has 14 aromatic rings. The summed E-state index contributed by atoms with van der Waals surface area (Å²) in [6.07, 6.45) is 0. The number of hydrogen-bond acceptors (Lipinski definition) is 1. The van der Waals surface area contributed by atoms with Gasteiger partial charge in [0, 0.05) is 49.1 Å². The van der Waals surface area contributed by atoms with E-state index in [2.05, 4.69) is 264 Å². The molecule has 3 heterocycles. The SMILES string of the molecule is c1ccc(-c2ccccc2-c2ccc3c(c2)c2cc(-c4ccccc4-c4ccccc4)ccc2n3-c2cc3c4ccccc4n(-c4ccccc4)c3cc2-c2cccc3c2oc2ccccc23)cc1. The van der Waals surface area contributed by atoms with E-state index in [0.29, 0.717) is 0 Å². The summed E-state index contributed by atoms with van der Waals surface area (Å²) in [6, 6.07) is 92.5. The maximum atomic E-state index is 6.88. The van der Waals surface area contributed by atoms with Crippen molar-refractivity contribution in [2.45, 2.75) is 0 Å². The van der Waals surface area contributed by atoms with Gasteiger partial charge in [0.25, 0.3) is 0 Å². The first-order chi connectivity index (χ1) is 34.2. The van der Waals surface area contributed by atoms with Gasteiger partial charge in [-0.3, -0.25) is 0 Å². The van der Waals surface area contributed by atoms with E-state index in [1.807, 2.05) is 0 Å². The monoisotopic (exact) mass is 878 g/mol. The topological polar surface area (TPSA) is 23.0 Å². The summed E-state index contributed by atoms with van der Waals surface area (Å²) >= 11 is 0. The first-order valence-electron chi connectivity index (χ1n) is 23.7. The molecule has 14 rings (SSSR count). The van der Waals surface area contributed by atoms with Crippen molar-refractivity contribution in [2.24, 2.45) is 0 Å². The molecule has 0 aliphatic heterocycles. The van der Waals surface area contributed by atoms with Crippen molar-refractivity contribution < 1.29 is 4.42 Å². The highest BCUT2D eigenvalue weighted by molar-refractivity contribution is 6.17. The highest BCUT2D eigenvalue weighted by Crippen LogP contribution is 2.46. The van der Waals surface area contributed by atoms with Crippen LogP contribution < -0.4 is 0 Å². The van der Waals surface area contributed by atoms with Gasteiger partial charge in [-0.25, -0.2) is 0 Å². The number of benzene rings is 11. The summed E-state index contributed by atoms with van der Waals surface area (Å²) < 4.78 is 11.8. The number of hydrogen-bond donors (Lipinski definition) is 0. The Morgan fingerprint density at radius 3 is 1.33 bits per heavy atom. The van der Waals surface area contributed by atoms with Gasteiger partial charge >= 0.3 is 0 Å². The largest absolute Gasteiger partial charge is 0.455 e. The van der Waals surface area contributed by atoms with Crippen molar-refractivity contribution >= 4 is 65.6 Å². The molecule has 0 bridgehead atoms. The smallest absolute Gasteiger partial charge is 0.143 e. The summed E-state index contributed by atoms with van der Waals surface area (Å²) in [6.45, 7) is 0. The Bertz CT molecular complexity index is 4150. The lowest BCUT2D eigenvalue weighted by atomic mass is 9.92. The lowest BCUT2D eigenvalue weighted by Crippen LogP contribution is -1.99. The molecule has 11 aromatic carbocycles. The molecule has 0 aliphatic carbocycles. The van der Waals surface area contributed by atoms with Crippen LogP contribution in [0.5, 0.6) is 0 Å². The van der Waals surface area contributed by atoms with E-state index in [4.69, 9.17) is 4.42 Å². The second kappa shape index (κ2) is 15.7. The molecule has 0 saturated carbocycles. The van der Waals surface area contributed by atoms with Crippen LogP contribution >= 0.6 is 0 Å². The van der Waals surface area contributed by atoms with Gasteiger partial charge in [-0.2, -0.15) is 0 Å². The molecule has 69 heavy (non-hydrogen) atoms. The van der Waals surface area contributed by atoms with E-state index in [1.54, 1.807) is 0 Å². The molecule has 0 atom stereocenters. The third kappa shape index (κ3) is 6.21. The molecule has 3 heteroatoms. The third-order valence-corrected chi connectivity index (χ3v) is 14.2. The second-order valence-corrected chi connectivity index (χ2v) is 18.0. The van der Waals surface area contributed by atoms with Crippen LogP contribution in [0.1, 0.15) is 0 Å². The molecule has 0 spiro atoms. The molecular weight excluding hydrogens is 837 g/mol. The van der Waals surface area contributed by atoms with E-state index in [-0.39, 0.29) is 0 Å². The highest BCUT2D eigenvalue weighted by Gasteiger charge is 2.24. The first kappa shape index (κ1) is 39.0. The molecule has 0 radical (unpaired) electrons. The Kier molecular flexibility index (Phi) is 8.90. The van der Waals surface area contributed by atoms with E-state index in [1.165, 1.54) is 66.1 Å². The summed E-state index contributed by atoms with van der Waals surface area (Å²) in [4.78, 5) is 0. The standard InChI is InChI=1S/C66H42N2O/c1-4-19-43(20-5-1)48-25-10-12-27-50(48)45-35-37-61-56(39-45)57-40-46(51-28-13-11-26-49(51)44-21-6-2-7-22-44)36-38-62(57)68(61)64-41-58-52-29-14-16-33-60(52)67(47-23-8-3-9-24-47)63(58)42-59(64)55-32-18-31-54-53-30-15-17-34-65(53)69-66(54)55/h1-42H. The van der Waals surface area contributed by atoms with E-state index >= 15 is 0 Å². The number of rotatable bonds is 7. The van der Waals surface area contributed by atoms with Gasteiger partial charge in [-0.15, -0.1) is 0 Å². The van der Waals surface area contributed by atoms with Crippen molar-refractivity contribution in [3.63, 3.8) is 0 Å². The molecule has 0 N–H and O–H groups in total. The van der Waals surface area contributed by atoms with Gasteiger partial charge in [0.05, 0.1) is 27.8 Å². The molecule has 0 aliphatic rings. The maximum Gasteiger partial charge on any atom is 0.143 e. The lowest BCUT2D eigenvalue weighted by Gasteiger charge is -2.17. The quantitative estimate of drug-likeness (QED) is 0.156. The van der Waals surface area contributed by atoms with Crippen molar-refractivity contribution in [2.75, 3.05) is 0 Å². The van der Waals surface area contributed by atoms with Crippen LogP contribution in [0.4, 0.5) is 0 Å². The average molecular weight is 879 g/mol. The van der Waals surface area contributed by atoms with Gasteiger partial charge in [-0.05, 0) is 105 Å². The summed E-state index contributed by atoms with van der Waals surface area (Å²) in [5.74, 6) is 0. The fraction of sp³-hybridized carbons (Fsp3) is 0. The molecule has 0 unspecified atom stereocenters. The van der Waals surface area contributed by atoms with Gasteiger partial charge in [-0.1, -0.05) is 194 Å². The first-order valence-corrected chi connectivity index (χ1v) is 23.7. The van der Waals surface area contributed by atoms with Crippen LogP contribution in [0.3, 0.4) is 0 Å². The molecular formula is C66H42N2O. The minimum absolute atomic E-state index is 0.877.